The maximum Gasteiger partial charge on any atom is 0.123 e. The molecule has 81 valence electrons. The molecule has 0 saturated heterocycles. The molecule has 1 aliphatic rings. The molecule has 1 aromatic carbocycles. The van der Waals surface area contributed by atoms with Gasteiger partial charge in [0.1, 0.15) is 12.4 Å². The normalized spacial score (nSPS) is 15.7. The maximum absolute atomic E-state index is 9.17. The molecule has 0 aliphatic heterocycles. The standard InChI is InChI=1S/C13H17O2/c1-9(2)15-12-5-3-4-11(8-14)13(12)10-6-7-10/h3-5,8-10,14H,6-7H2,1-2H3. The third kappa shape index (κ3) is 2.32. The molecule has 1 aliphatic carbocycles. The average Bonchev–Trinajstić information content (AvgIpc) is 3.00. The van der Waals surface area contributed by atoms with Crippen molar-refractivity contribution in [3.8, 4) is 5.75 Å². The molecule has 0 bridgehead atoms. The van der Waals surface area contributed by atoms with E-state index in [1.165, 1.54) is 25.0 Å². The van der Waals surface area contributed by atoms with Crippen LogP contribution in [-0.2, 0) is 0 Å². The van der Waals surface area contributed by atoms with Crippen LogP contribution in [0, 0.1) is 6.61 Å². The summed E-state index contributed by atoms with van der Waals surface area (Å²) in [4.78, 5) is 0. The first-order valence-electron chi connectivity index (χ1n) is 5.49. The second-order valence-corrected chi connectivity index (χ2v) is 4.33. The van der Waals surface area contributed by atoms with Gasteiger partial charge < -0.3 is 9.84 Å². The first-order valence-corrected chi connectivity index (χ1v) is 5.49. The molecule has 0 aromatic heterocycles. The number of hydrogen-bond donors (Lipinski definition) is 1. The molecule has 2 nitrogen and oxygen atoms in total. The minimum absolute atomic E-state index is 0.177. The molecule has 0 spiro atoms. The summed E-state index contributed by atoms with van der Waals surface area (Å²) in [6, 6.07) is 5.84. The van der Waals surface area contributed by atoms with Gasteiger partial charge in [-0.2, -0.15) is 0 Å². The molecule has 0 heterocycles. The molecule has 2 rings (SSSR count). The molecule has 1 N–H and O–H groups in total. The SMILES string of the molecule is CC(C)Oc1cccc([CH]O)c1C1CC1. The lowest BCUT2D eigenvalue weighted by molar-refractivity contribution is 0.239. The fourth-order valence-corrected chi connectivity index (χ4v) is 1.84. The fraction of sp³-hybridized carbons (Fsp3) is 0.462. The number of aliphatic hydroxyl groups excluding tert-OH is 1. The maximum atomic E-state index is 9.17. The monoisotopic (exact) mass is 205 g/mol. The van der Waals surface area contributed by atoms with Crippen LogP contribution in [-0.4, -0.2) is 11.2 Å². The van der Waals surface area contributed by atoms with Crippen LogP contribution >= 0.6 is 0 Å². The van der Waals surface area contributed by atoms with E-state index in [0.29, 0.717) is 5.92 Å². The summed E-state index contributed by atoms with van der Waals surface area (Å²) in [6.45, 7) is 5.22. The van der Waals surface area contributed by atoms with E-state index in [-0.39, 0.29) is 6.10 Å². The predicted octanol–water partition coefficient (Wildman–Crippen LogP) is 3.23. The van der Waals surface area contributed by atoms with Crippen LogP contribution in [0.3, 0.4) is 0 Å². The van der Waals surface area contributed by atoms with Crippen molar-refractivity contribution in [2.24, 2.45) is 0 Å². The largest absolute Gasteiger partial charge is 0.491 e. The first-order chi connectivity index (χ1) is 7.22. The van der Waals surface area contributed by atoms with Crippen LogP contribution in [0.25, 0.3) is 0 Å². The topological polar surface area (TPSA) is 29.5 Å². The zero-order chi connectivity index (χ0) is 10.8. The van der Waals surface area contributed by atoms with Gasteiger partial charge in [-0.05, 0) is 44.2 Å². The van der Waals surface area contributed by atoms with Crippen LogP contribution in [0.1, 0.15) is 43.7 Å². The van der Waals surface area contributed by atoms with Gasteiger partial charge in [0.15, 0.2) is 0 Å². The second-order valence-electron chi connectivity index (χ2n) is 4.33. The Bertz CT molecular complexity index is 340. The van der Waals surface area contributed by atoms with E-state index in [4.69, 9.17) is 4.74 Å². The molecular weight excluding hydrogens is 188 g/mol. The summed E-state index contributed by atoms with van der Waals surface area (Å²) in [6.07, 6.45) is 2.59. The highest BCUT2D eigenvalue weighted by atomic mass is 16.5. The van der Waals surface area contributed by atoms with Crippen molar-refractivity contribution in [1.29, 1.82) is 0 Å². The van der Waals surface area contributed by atoms with E-state index in [1.54, 1.807) is 0 Å². The minimum Gasteiger partial charge on any atom is -0.491 e. The van der Waals surface area contributed by atoms with Crippen molar-refractivity contribution in [3.05, 3.63) is 35.9 Å². The van der Waals surface area contributed by atoms with Crippen molar-refractivity contribution >= 4 is 0 Å². The quantitative estimate of drug-likeness (QED) is 0.817. The molecule has 1 fully saturated rings. The molecule has 0 atom stereocenters. The van der Waals surface area contributed by atoms with Crippen LogP contribution < -0.4 is 4.74 Å². The molecule has 2 heteroatoms. The van der Waals surface area contributed by atoms with E-state index < -0.39 is 0 Å². The van der Waals surface area contributed by atoms with Gasteiger partial charge in [-0.25, -0.2) is 0 Å². The summed E-state index contributed by atoms with van der Waals surface area (Å²) in [7, 11) is 0. The Morgan fingerprint density at radius 1 is 1.40 bits per heavy atom. The predicted molar refractivity (Wildman–Crippen MR) is 59.5 cm³/mol. The third-order valence-corrected chi connectivity index (χ3v) is 2.59. The molecular formula is C13H17O2. The van der Waals surface area contributed by atoms with E-state index in [0.717, 1.165) is 11.3 Å². The number of benzene rings is 1. The number of ether oxygens (including phenoxy) is 1. The molecule has 1 aromatic rings. The lowest BCUT2D eigenvalue weighted by Gasteiger charge is -2.16. The highest BCUT2D eigenvalue weighted by Crippen LogP contribution is 2.46. The van der Waals surface area contributed by atoms with E-state index in [1.807, 2.05) is 32.0 Å². The summed E-state index contributed by atoms with van der Waals surface area (Å²) >= 11 is 0. The van der Waals surface area contributed by atoms with E-state index >= 15 is 0 Å². The molecule has 0 amide bonds. The Hall–Kier alpha value is -1.02. The van der Waals surface area contributed by atoms with Gasteiger partial charge in [0, 0.05) is 5.56 Å². The average molecular weight is 205 g/mol. The Balaban J connectivity index is 2.34. The van der Waals surface area contributed by atoms with Gasteiger partial charge in [0.25, 0.3) is 0 Å². The van der Waals surface area contributed by atoms with Crippen LogP contribution in [0.4, 0.5) is 0 Å². The third-order valence-electron chi connectivity index (χ3n) is 2.59. The number of aliphatic hydroxyl groups is 1. The number of rotatable bonds is 4. The summed E-state index contributed by atoms with van der Waals surface area (Å²) in [5.41, 5.74) is 2.07. The Kier molecular flexibility index (Phi) is 2.96. The van der Waals surface area contributed by atoms with Crippen molar-refractivity contribution < 1.29 is 9.84 Å². The van der Waals surface area contributed by atoms with Gasteiger partial charge in [0.2, 0.25) is 0 Å². The van der Waals surface area contributed by atoms with E-state index in [9.17, 15) is 5.11 Å². The van der Waals surface area contributed by atoms with Gasteiger partial charge >= 0.3 is 0 Å². The van der Waals surface area contributed by atoms with Gasteiger partial charge in [-0.1, -0.05) is 12.1 Å². The molecule has 15 heavy (non-hydrogen) atoms. The highest BCUT2D eigenvalue weighted by molar-refractivity contribution is 5.47. The van der Waals surface area contributed by atoms with Crippen molar-refractivity contribution in [2.75, 3.05) is 0 Å². The summed E-state index contributed by atoms with van der Waals surface area (Å²) in [5, 5.41) is 9.17. The van der Waals surface area contributed by atoms with Gasteiger partial charge in [-0.3, -0.25) is 0 Å². The van der Waals surface area contributed by atoms with Crippen molar-refractivity contribution in [2.45, 2.75) is 38.7 Å². The Morgan fingerprint density at radius 2 is 2.13 bits per heavy atom. The summed E-state index contributed by atoms with van der Waals surface area (Å²) < 4.78 is 5.76. The first kappa shape index (κ1) is 10.5. The van der Waals surface area contributed by atoms with Crippen LogP contribution in [0.15, 0.2) is 18.2 Å². The number of hydrogen-bond acceptors (Lipinski definition) is 2. The fourth-order valence-electron chi connectivity index (χ4n) is 1.84. The van der Waals surface area contributed by atoms with Crippen LogP contribution in [0.2, 0.25) is 0 Å². The lowest BCUT2D eigenvalue weighted by Crippen LogP contribution is -2.08. The van der Waals surface area contributed by atoms with Gasteiger partial charge in [0.05, 0.1) is 6.10 Å². The lowest BCUT2D eigenvalue weighted by atomic mass is 10.0. The van der Waals surface area contributed by atoms with E-state index in [2.05, 4.69) is 0 Å². The van der Waals surface area contributed by atoms with Crippen molar-refractivity contribution in [3.63, 3.8) is 0 Å². The van der Waals surface area contributed by atoms with Crippen LogP contribution in [0.5, 0.6) is 5.75 Å². The Labute approximate surface area is 90.9 Å². The highest BCUT2D eigenvalue weighted by Gasteiger charge is 2.29. The minimum atomic E-state index is 0.177. The smallest absolute Gasteiger partial charge is 0.123 e. The van der Waals surface area contributed by atoms with Crippen molar-refractivity contribution in [1.82, 2.24) is 0 Å². The molecule has 1 saturated carbocycles. The second kappa shape index (κ2) is 4.23. The summed E-state index contributed by atoms with van der Waals surface area (Å²) in [5.74, 6) is 1.51. The molecule has 0 unspecified atom stereocenters. The molecule has 1 radical (unpaired) electrons. The van der Waals surface area contributed by atoms with Gasteiger partial charge in [-0.15, -0.1) is 0 Å². The Morgan fingerprint density at radius 3 is 2.67 bits per heavy atom. The zero-order valence-corrected chi connectivity index (χ0v) is 9.23. The zero-order valence-electron chi connectivity index (χ0n) is 9.23.